The van der Waals surface area contributed by atoms with Crippen LogP contribution in [0.1, 0.15) is 25.0 Å². The molecule has 0 aliphatic carbocycles. The first-order valence-corrected chi connectivity index (χ1v) is 7.05. The van der Waals surface area contributed by atoms with Gasteiger partial charge in [0.25, 0.3) is 0 Å². The molecule has 2 heterocycles. The molecule has 1 aromatic heterocycles. The van der Waals surface area contributed by atoms with Crippen LogP contribution < -0.4 is 5.32 Å². The van der Waals surface area contributed by atoms with Crippen molar-refractivity contribution in [2.45, 2.75) is 25.8 Å². The average Bonchev–Trinajstić information content (AvgIpc) is 2.90. The summed E-state index contributed by atoms with van der Waals surface area (Å²) in [6, 6.07) is 0. The zero-order chi connectivity index (χ0) is 11.2. The molecule has 1 aromatic rings. The Labute approximate surface area is 102 Å². The number of nitrogens with one attached hydrogen (secondary N) is 1. The fraction of sp³-hybridized carbons (Fsp3) is 0.750. The van der Waals surface area contributed by atoms with E-state index in [1.54, 1.807) is 11.3 Å². The van der Waals surface area contributed by atoms with E-state index >= 15 is 0 Å². The summed E-state index contributed by atoms with van der Waals surface area (Å²) in [5, 5.41) is 5.56. The van der Waals surface area contributed by atoms with Crippen LogP contribution in [-0.2, 0) is 6.54 Å². The summed E-state index contributed by atoms with van der Waals surface area (Å²) in [6.45, 7) is 4.63. The molecule has 1 aliphatic heterocycles. The Hall–Kier alpha value is -0.450. The van der Waals surface area contributed by atoms with E-state index in [1.807, 2.05) is 5.51 Å². The third-order valence-electron chi connectivity index (χ3n) is 3.23. The monoisotopic (exact) mass is 239 g/mol. The molecule has 1 saturated heterocycles. The van der Waals surface area contributed by atoms with Gasteiger partial charge < -0.3 is 10.2 Å². The minimum Gasteiger partial charge on any atom is -0.316 e. The van der Waals surface area contributed by atoms with Gasteiger partial charge in [-0.1, -0.05) is 0 Å². The van der Waals surface area contributed by atoms with Crippen LogP contribution in [0, 0.1) is 5.92 Å². The Morgan fingerprint density at radius 1 is 1.62 bits per heavy atom. The lowest BCUT2D eigenvalue weighted by Gasteiger charge is -2.16. The molecule has 1 aliphatic rings. The highest BCUT2D eigenvalue weighted by atomic mass is 32.1. The third kappa shape index (κ3) is 3.85. The lowest BCUT2D eigenvalue weighted by atomic mass is 10.0. The summed E-state index contributed by atoms with van der Waals surface area (Å²) in [6.07, 6.45) is 4.05. The van der Waals surface area contributed by atoms with Gasteiger partial charge in [-0.3, -0.25) is 0 Å². The molecular weight excluding hydrogens is 218 g/mol. The van der Waals surface area contributed by atoms with Crippen molar-refractivity contribution in [2.24, 2.45) is 5.92 Å². The molecule has 0 aromatic carbocycles. The molecule has 90 valence electrons. The molecule has 2 rings (SSSR count). The van der Waals surface area contributed by atoms with Crippen molar-refractivity contribution >= 4 is 11.3 Å². The number of hydrogen-bond acceptors (Lipinski definition) is 4. The number of hydrogen-bond donors (Lipinski definition) is 1. The fourth-order valence-corrected chi connectivity index (χ4v) is 2.83. The van der Waals surface area contributed by atoms with E-state index < -0.39 is 0 Å². The highest BCUT2D eigenvalue weighted by molar-refractivity contribution is 7.07. The molecule has 1 unspecified atom stereocenters. The van der Waals surface area contributed by atoms with Crippen molar-refractivity contribution in [3.63, 3.8) is 0 Å². The van der Waals surface area contributed by atoms with Crippen LogP contribution in [0.15, 0.2) is 10.9 Å². The Kier molecular flexibility index (Phi) is 4.75. The van der Waals surface area contributed by atoms with Crippen molar-refractivity contribution in [2.75, 3.05) is 26.7 Å². The molecule has 0 saturated carbocycles. The van der Waals surface area contributed by atoms with E-state index in [0.717, 1.165) is 12.5 Å². The van der Waals surface area contributed by atoms with Gasteiger partial charge in [0.15, 0.2) is 0 Å². The topological polar surface area (TPSA) is 28.2 Å². The number of nitrogens with zero attached hydrogens (tertiary/aromatic N) is 2. The SMILES string of the molecule is CN(CCCC1CCNC1)Cc1cscn1. The number of thiazole rings is 1. The Bertz CT molecular complexity index is 280. The smallest absolute Gasteiger partial charge is 0.0795 e. The van der Waals surface area contributed by atoms with E-state index in [0.29, 0.717) is 0 Å². The molecule has 0 bridgehead atoms. The molecule has 0 amide bonds. The van der Waals surface area contributed by atoms with Crippen LogP contribution in [0.2, 0.25) is 0 Å². The molecule has 3 nitrogen and oxygen atoms in total. The van der Waals surface area contributed by atoms with Crippen molar-refractivity contribution in [3.8, 4) is 0 Å². The predicted octanol–water partition coefficient (Wildman–Crippen LogP) is 1.96. The van der Waals surface area contributed by atoms with Crippen LogP contribution >= 0.6 is 11.3 Å². The van der Waals surface area contributed by atoms with Gasteiger partial charge in [-0.05, 0) is 51.9 Å². The van der Waals surface area contributed by atoms with E-state index in [2.05, 4.69) is 27.6 Å². The quantitative estimate of drug-likeness (QED) is 0.822. The first-order valence-electron chi connectivity index (χ1n) is 6.11. The molecule has 16 heavy (non-hydrogen) atoms. The summed E-state index contributed by atoms with van der Waals surface area (Å²) < 4.78 is 0. The first-order chi connectivity index (χ1) is 7.84. The van der Waals surface area contributed by atoms with Crippen molar-refractivity contribution < 1.29 is 0 Å². The highest BCUT2D eigenvalue weighted by Gasteiger charge is 2.13. The van der Waals surface area contributed by atoms with Gasteiger partial charge in [0.1, 0.15) is 0 Å². The van der Waals surface area contributed by atoms with Crippen LogP contribution in [0.25, 0.3) is 0 Å². The normalized spacial score (nSPS) is 20.8. The fourth-order valence-electron chi connectivity index (χ4n) is 2.28. The van der Waals surface area contributed by atoms with Crippen LogP contribution in [-0.4, -0.2) is 36.6 Å². The van der Waals surface area contributed by atoms with E-state index in [-0.39, 0.29) is 0 Å². The minimum absolute atomic E-state index is 0.924. The lowest BCUT2D eigenvalue weighted by Crippen LogP contribution is -2.20. The number of rotatable bonds is 6. The molecule has 1 fully saturated rings. The van der Waals surface area contributed by atoms with Crippen LogP contribution in [0.4, 0.5) is 0 Å². The average molecular weight is 239 g/mol. The minimum atomic E-state index is 0.924. The Morgan fingerprint density at radius 2 is 2.56 bits per heavy atom. The van der Waals surface area contributed by atoms with E-state index in [4.69, 9.17) is 0 Å². The Balaban J connectivity index is 1.58. The largest absolute Gasteiger partial charge is 0.316 e. The maximum Gasteiger partial charge on any atom is 0.0795 e. The zero-order valence-corrected chi connectivity index (χ0v) is 10.8. The van der Waals surface area contributed by atoms with Crippen molar-refractivity contribution in [1.82, 2.24) is 15.2 Å². The van der Waals surface area contributed by atoms with Crippen LogP contribution in [0.3, 0.4) is 0 Å². The number of aromatic nitrogens is 1. The summed E-state index contributed by atoms with van der Waals surface area (Å²) in [7, 11) is 2.19. The third-order valence-corrected chi connectivity index (χ3v) is 3.87. The standard InChI is InChI=1S/C12H21N3S/c1-15(8-12-9-16-10-14-12)6-2-3-11-4-5-13-7-11/h9-11,13H,2-8H2,1H3. The molecular formula is C12H21N3S. The van der Waals surface area contributed by atoms with Gasteiger partial charge in [-0.15, -0.1) is 11.3 Å². The van der Waals surface area contributed by atoms with Gasteiger partial charge >= 0.3 is 0 Å². The summed E-state index contributed by atoms with van der Waals surface area (Å²) in [4.78, 5) is 6.68. The van der Waals surface area contributed by atoms with Gasteiger partial charge in [-0.25, -0.2) is 4.98 Å². The predicted molar refractivity (Wildman–Crippen MR) is 68.7 cm³/mol. The lowest BCUT2D eigenvalue weighted by molar-refractivity contribution is 0.305. The summed E-state index contributed by atoms with van der Waals surface area (Å²) in [5.74, 6) is 0.924. The zero-order valence-electron chi connectivity index (χ0n) is 9.98. The van der Waals surface area contributed by atoms with Crippen LogP contribution in [0.5, 0.6) is 0 Å². The summed E-state index contributed by atoms with van der Waals surface area (Å²) >= 11 is 1.68. The van der Waals surface area contributed by atoms with Crippen molar-refractivity contribution in [3.05, 3.63) is 16.6 Å². The molecule has 4 heteroatoms. The molecule has 0 radical (unpaired) electrons. The molecule has 1 atom stereocenters. The second-order valence-corrected chi connectivity index (χ2v) is 5.44. The maximum absolute atomic E-state index is 4.31. The van der Waals surface area contributed by atoms with Gasteiger partial charge in [-0.2, -0.15) is 0 Å². The van der Waals surface area contributed by atoms with Gasteiger partial charge in [0.05, 0.1) is 11.2 Å². The molecule has 0 spiro atoms. The van der Waals surface area contributed by atoms with Gasteiger partial charge in [0, 0.05) is 11.9 Å². The van der Waals surface area contributed by atoms with Gasteiger partial charge in [0.2, 0.25) is 0 Å². The maximum atomic E-state index is 4.31. The second-order valence-electron chi connectivity index (χ2n) is 4.72. The summed E-state index contributed by atoms with van der Waals surface area (Å²) in [5.41, 5.74) is 3.11. The molecule has 1 N–H and O–H groups in total. The first kappa shape index (κ1) is 12.0. The van der Waals surface area contributed by atoms with E-state index in [9.17, 15) is 0 Å². The second kappa shape index (κ2) is 6.33. The Morgan fingerprint density at radius 3 is 3.25 bits per heavy atom. The van der Waals surface area contributed by atoms with Crippen molar-refractivity contribution in [1.29, 1.82) is 0 Å². The van der Waals surface area contributed by atoms with E-state index in [1.165, 1.54) is 44.6 Å². The highest BCUT2D eigenvalue weighted by Crippen LogP contribution is 2.14.